The second kappa shape index (κ2) is 4.67. The van der Waals surface area contributed by atoms with E-state index in [-0.39, 0.29) is 0 Å². The second-order valence-corrected chi connectivity index (χ2v) is 5.25. The minimum absolute atomic E-state index is 0.459. The van der Waals surface area contributed by atoms with Gasteiger partial charge in [0.15, 0.2) is 0 Å². The molecule has 0 saturated heterocycles. The van der Waals surface area contributed by atoms with Crippen molar-refractivity contribution in [3.8, 4) is 6.07 Å². The van der Waals surface area contributed by atoms with Crippen molar-refractivity contribution in [2.45, 2.75) is 31.8 Å². The standard InChI is InChI=1S/C15H18N4/c1-2-17-15(10-16,13-7-8-13)11-19-14-6-4-3-5-12(14)9-18-19/h3-6,9,13,17H,2,7-8,11H2,1H3. The molecule has 1 aliphatic carbocycles. The first kappa shape index (κ1) is 12.2. The number of likely N-dealkylation sites (N-methyl/N-ethyl adjacent to an activating group) is 1. The highest BCUT2D eigenvalue weighted by Gasteiger charge is 2.45. The molecule has 0 spiro atoms. The topological polar surface area (TPSA) is 53.6 Å². The molecule has 1 N–H and O–H groups in total. The molecule has 0 amide bonds. The van der Waals surface area contributed by atoms with Crippen molar-refractivity contribution in [3.05, 3.63) is 30.5 Å². The van der Waals surface area contributed by atoms with E-state index in [2.05, 4.69) is 35.5 Å². The summed E-state index contributed by atoms with van der Waals surface area (Å²) < 4.78 is 1.96. The van der Waals surface area contributed by atoms with Gasteiger partial charge in [-0.2, -0.15) is 10.4 Å². The predicted molar refractivity (Wildman–Crippen MR) is 74.5 cm³/mol. The van der Waals surface area contributed by atoms with Crippen molar-refractivity contribution in [1.82, 2.24) is 15.1 Å². The van der Waals surface area contributed by atoms with Gasteiger partial charge < -0.3 is 0 Å². The first-order chi connectivity index (χ1) is 9.29. The highest BCUT2D eigenvalue weighted by Crippen LogP contribution is 2.40. The summed E-state index contributed by atoms with van der Waals surface area (Å²) >= 11 is 0. The SMILES string of the molecule is CCNC(C#N)(Cn1ncc2ccccc21)C1CC1. The van der Waals surface area contributed by atoms with Crippen LogP contribution in [-0.4, -0.2) is 21.9 Å². The van der Waals surface area contributed by atoms with Crippen molar-refractivity contribution < 1.29 is 0 Å². The zero-order chi connectivity index (χ0) is 13.3. The van der Waals surface area contributed by atoms with Gasteiger partial charge in [-0.15, -0.1) is 0 Å². The van der Waals surface area contributed by atoms with E-state index >= 15 is 0 Å². The fourth-order valence-corrected chi connectivity index (χ4v) is 2.78. The Labute approximate surface area is 113 Å². The summed E-state index contributed by atoms with van der Waals surface area (Å²) in [6, 6.07) is 10.6. The van der Waals surface area contributed by atoms with E-state index in [1.807, 2.05) is 23.0 Å². The van der Waals surface area contributed by atoms with Crippen LogP contribution in [-0.2, 0) is 6.54 Å². The molecular weight excluding hydrogens is 236 g/mol. The largest absolute Gasteiger partial charge is 0.298 e. The quantitative estimate of drug-likeness (QED) is 0.891. The number of hydrogen-bond acceptors (Lipinski definition) is 3. The van der Waals surface area contributed by atoms with Gasteiger partial charge in [0.05, 0.1) is 24.3 Å². The van der Waals surface area contributed by atoms with Crippen LogP contribution >= 0.6 is 0 Å². The number of aromatic nitrogens is 2. The Morgan fingerprint density at radius 2 is 2.26 bits per heavy atom. The fourth-order valence-electron chi connectivity index (χ4n) is 2.78. The molecule has 0 radical (unpaired) electrons. The van der Waals surface area contributed by atoms with E-state index in [1.54, 1.807) is 0 Å². The maximum atomic E-state index is 9.64. The minimum atomic E-state index is -0.469. The molecule has 1 aliphatic rings. The molecule has 98 valence electrons. The Hall–Kier alpha value is -1.86. The molecule has 1 atom stereocenters. The average Bonchev–Trinajstić information content (AvgIpc) is 3.22. The van der Waals surface area contributed by atoms with E-state index in [0.717, 1.165) is 30.3 Å². The van der Waals surface area contributed by atoms with E-state index in [9.17, 15) is 5.26 Å². The summed E-state index contributed by atoms with van der Waals surface area (Å²) in [6.07, 6.45) is 4.15. The van der Waals surface area contributed by atoms with Crippen LogP contribution in [0.1, 0.15) is 19.8 Å². The van der Waals surface area contributed by atoms with E-state index < -0.39 is 5.54 Å². The number of rotatable bonds is 5. The third kappa shape index (κ3) is 2.11. The molecule has 19 heavy (non-hydrogen) atoms. The molecule has 4 nitrogen and oxygen atoms in total. The lowest BCUT2D eigenvalue weighted by atomic mass is 9.95. The van der Waals surface area contributed by atoms with Crippen molar-refractivity contribution in [2.75, 3.05) is 6.54 Å². The fraction of sp³-hybridized carbons (Fsp3) is 0.467. The summed E-state index contributed by atoms with van der Waals surface area (Å²) in [5, 5.41) is 18.6. The van der Waals surface area contributed by atoms with Crippen LogP contribution in [0.2, 0.25) is 0 Å². The van der Waals surface area contributed by atoms with Crippen LogP contribution in [0.3, 0.4) is 0 Å². The minimum Gasteiger partial charge on any atom is -0.298 e. The summed E-state index contributed by atoms with van der Waals surface area (Å²) in [5.74, 6) is 0.459. The van der Waals surface area contributed by atoms with Crippen molar-refractivity contribution >= 4 is 10.9 Å². The number of nitrogens with zero attached hydrogens (tertiary/aromatic N) is 3. The average molecular weight is 254 g/mol. The van der Waals surface area contributed by atoms with Crippen molar-refractivity contribution in [2.24, 2.45) is 5.92 Å². The molecule has 1 heterocycles. The molecule has 4 heteroatoms. The normalized spacial score (nSPS) is 18.1. The molecule has 0 bridgehead atoms. The predicted octanol–water partition coefficient (Wildman–Crippen LogP) is 2.32. The van der Waals surface area contributed by atoms with Gasteiger partial charge in [0.25, 0.3) is 0 Å². The first-order valence-corrected chi connectivity index (χ1v) is 6.86. The van der Waals surface area contributed by atoms with Gasteiger partial charge in [-0.25, -0.2) is 0 Å². The maximum absolute atomic E-state index is 9.64. The monoisotopic (exact) mass is 254 g/mol. The van der Waals surface area contributed by atoms with Gasteiger partial charge in [-0.05, 0) is 31.4 Å². The molecule has 1 fully saturated rings. The molecule has 1 unspecified atom stereocenters. The van der Waals surface area contributed by atoms with Gasteiger partial charge in [0, 0.05) is 5.39 Å². The molecule has 2 aromatic rings. The molecule has 1 saturated carbocycles. The maximum Gasteiger partial charge on any atom is 0.129 e. The Morgan fingerprint density at radius 3 is 2.95 bits per heavy atom. The molecule has 1 aromatic heterocycles. The second-order valence-electron chi connectivity index (χ2n) is 5.25. The number of nitriles is 1. The highest BCUT2D eigenvalue weighted by molar-refractivity contribution is 5.78. The first-order valence-electron chi connectivity index (χ1n) is 6.86. The van der Waals surface area contributed by atoms with E-state index in [1.165, 1.54) is 0 Å². The Kier molecular flexibility index (Phi) is 3.00. The van der Waals surface area contributed by atoms with E-state index in [0.29, 0.717) is 12.5 Å². The van der Waals surface area contributed by atoms with Gasteiger partial charge >= 0.3 is 0 Å². The number of para-hydroxylation sites is 1. The van der Waals surface area contributed by atoms with Gasteiger partial charge in [0.2, 0.25) is 0 Å². The molecule has 1 aromatic carbocycles. The third-order valence-electron chi connectivity index (χ3n) is 3.92. The van der Waals surface area contributed by atoms with Crippen LogP contribution < -0.4 is 5.32 Å². The van der Waals surface area contributed by atoms with Gasteiger partial charge in [-0.1, -0.05) is 25.1 Å². The van der Waals surface area contributed by atoms with Crippen LogP contribution in [0.4, 0.5) is 0 Å². The van der Waals surface area contributed by atoms with E-state index in [4.69, 9.17) is 0 Å². The van der Waals surface area contributed by atoms with Crippen LogP contribution in [0.5, 0.6) is 0 Å². The molecular formula is C15H18N4. The summed E-state index contributed by atoms with van der Waals surface area (Å²) in [6.45, 7) is 3.48. The summed E-state index contributed by atoms with van der Waals surface area (Å²) in [7, 11) is 0. The van der Waals surface area contributed by atoms with Gasteiger partial charge in [0.1, 0.15) is 5.54 Å². The zero-order valence-corrected chi connectivity index (χ0v) is 11.1. The van der Waals surface area contributed by atoms with Crippen LogP contribution in [0.15, 0.2) is 30.5 Å². The van der Waals surface area contributed by atoms with Crippen LogP contribution in [0, 0.1) is 17.2 Å². The number of nitrogens with one attached hydrogen (secondary N) is 1. The third-order valence-corrected chi connectivity index (χ3v) is 3.92. The lowest BCUT2D eigenvalue weighted by Gasteiger charge is -2.27. The summed E-state index contributed by atoms with van der Waals surface area (Å²) in [5.41, 5.74) is 0.629. The number of fused-ring (bicyclic) bond motifs is 1. The Balaban J connectivity index is 1.96. The zero-order valence-electron chi connectivity index (χ0n) is 11.1. The highest BCUT2D eigenvalue weighted by atomic mass is 15.3. The van der Waals surface area contributed by atoms with Gasteiger partial charge in [-0.3, -0.25) is 10.00 Å². The lowest BCUT2D eigenvalue weighted by molar-refractivity contribution is 0.315. The Bertz CT molecular complexity index is 620. The number of benzene rings is 1. The summed E-state index contributed by atoms with van der Waals surface area (Å²) in [4.78, 5) is 0. The lowest BCUT2D eigenvalue weighted by Crippen LogP contribution is -2.49. The van der Waals surface area contributed by atoms with Crippen molar-refractivity contribution in [1.29, 1.82) is 5.26 Å². The molecule has 0 aliphatic heterocycles. The number of hydrogen-bond donors (Lipinski definition) is 1. The Morgan fingerprint density at radius 1 is 1.47 bits per heavy atom. The van der Waals surface area contributed by atoms with Crippen LogP contribution in [0.25, 0.3) is 10.9 Å². The van der Waals surface area contributed by atoms with Crippen molar-refractivity contribution in [3.63, 3.8) is 0 Å². The molecule has 3 rings (SSSR count). The smallest absolute Gasteiger partial charge is 0.129 e.